The fraction of sp³-hybridized carbons (Fsp3) is 0.909. The van der Waals surface area contributed by atoms with Crippen molar-refractivity contribution in [3.63, 3.8) is 0 Å². The molecule has 2 nitrogen and oxygen atoms in total. The summed E-state index contributed by atoms with van der Waals surface area (Å²) in [5, 5.41) is 3.41. The Morgan fingerprint density at radius 3 is 2.79 bits per heavy atom. The lowest BCUT2D eigenvalue weighted by Gasteiger charge is -2.34. The Morgan fingerprint density at radius 2 is 2.07 bits per heavy atom. The summed E-state index contributed by atoms with van der Waals surface area (Å²) < 4.78 is 0. The third kappa shape index (κ3) is 2.67. The molecule has 2 heterocycles. The van der Waals surface area contributed by atoms with Gasteiger partial charge in [0.05, 0.1) is 4.99 Å². The zero-order valence-corrected chi connectivity index (χ0v) is 9.61. The first kappa shape index (κ1) is 10.4. The molecule has 1 N–H and O–H groups in total. The second kappa shape index (κ2) is 5.08. The van der Waals surface area contributed by atoms with Crippen molar-refractivity contribution >= 4 is 17.2 Å². The molecule has 0 aromatic rings. The number of rotatable bonds is 2. The van der Waals surface area contributed by atoms with Gasteiger partial charge in [-0.15, -0.1) is 0 Å². The molecule has 0 radical (unpaired) electrons. The van der Waals surface area contributed by atoms with Gasteiger partial charge in [0.25, 0.3) is 0 Å². The van der Waals surface area contributed by atoms with Gasteiger partial charge in [-0.2, -0.15) is 0 Å². The van der Waals surface area contributed by atoms with E-state index in [-0.39, 0.29) is 0 Å². The number of thiocarbonyl (C=S) groups is 1. The van der Waals surface area contributed by atoms with Crippen molar-refractivity contribution in [1.82, 2.24) is 10.2 Å². The van der Waals surface area contributed by atoms with Crippen molar-refractivity contribution in [1.29, 1.82) is 0 Å². The van der Waals surface area contributed by atoms with Crippen molar-refractivity contribution in [3.05, 3.63) is 0 Å². The maximum Gasteiger partial charge on any atom is 0.0779 e. The monoisotopic (exact) mass is 212 g/mol. The van der Waals surface area contributed by atoms with E-state index in [1.165, 1.54) is 56.9 Å². The van der Waals surface area contributed by atoms with Crippen LogP contribution in [0.15, 0.2) is 0 Å². The molecule has 0 aromatic carbocycles. The van der Waals surface area contributed by atoms with Gasteiger partial charge in [-0.3, -0.25) is 0 Å². The normalized spacial score (nSPS) is 25.4. The van der Waals surface area contributed by atoms with Gasteiger partial charge in [0.1, 0.15) is 0 Å². The smallest absolute Gasteiger partial charge is 0.0779 e. The number of likely N-dealkylation sites (tertiary alicyclic amines) is 1. The second-order valence-corrected chi connectivity index (χ2v) is 4.96. The Bertz CT molecular complexity index is 199. The predicted octanol–water partition coefficient (Wildman–Crippen LogP) is 1.80. The van der Waals surface area contributed by atoms with E-state index in [4.69, 9.17) is 12.2 Å². The van der Waals surface area contributed by atoms with Gasteiger partial charge >= 0.3 is 0 Å². The number of nitrogens with one attached hydrogen (secondary N) is 1. The van der Waals surface area contributed by atoms with Gasteiger partial charge in [-0.05, 0) is 51.1 Å². The summed E-state index contributed by atoms with van der Waals surface area (Å²) in [6.45, 7) is 4.83. The van der Waals surface area contributed by atoms with Gasteiger partial charge in [-0.25, -0.2) is 0 Å². The molecule has 80 valence electrons. The first-order valence-corrected chi connectivity index (χ1v) is 6.25. The minimum atomic E-state index is 0.882. The van der Waals surface area contributed by atoms with Crippen LogP contribution in [0.25, 0.3) is 0 Å². The summed E-state index contributed by atoms with van der Waals surface area (Å²) in [6.07, 6.45) is 6.46. The molecule has 3 heteroatoms. The van der Waals surface area contributed by atoms with Crippen molar-refractivity contribution in [2.75, 3.05) is 26.2 Å². The summed E-state index contributed by atoms with van der Waals surface area (Å²) in [4.78, 5) is 3.67. The second-order valence-electron chi connectivity index (χ2n) is 4.49. The average Bonchev–Trinajstić information content (AvgIpc) is 2.23. The van der Waals surface area contributed by atoms with Crippen LogP contribution in [0.1, 0.15) is 32.1 Å². The Hall–Kier alpha value is -0.150. The van der Waals surface area contributed by atoms with E-state index in [0.29, 0.717) is 0 Å². The molecule has 2 fully saturated rings. The molecule has 2 saturated heterocycles. The third-order valence-electron chi connectivity index (χ3n) is 3.36. The third-order valence-corrected chi connectivity index (χ3v) is 3.82. The Morgan fingerprint density at radius 1 is 1.29 bits per heavy atom. The van der Waals surface area contributed by atoms with Crippen LogP contribution in [0.4, 0.5) is 0 Å². The fourth-order valence-electron chi connectivity index (χ4n) is 2.43. The maximum atomic E-state index is 5.41. The van der Waals surface area contributed by atoms with Crippen LogP contribution >= 0.6 is 12.2 Å². The standard InChI is InChI=1S/C11H20N2S/c14-11-3-1-2-8-13(11)9-10-4-6-12-7-5-10/h10,12H,1-9H2. The van der Waals surface area contributed by atoms with E-state index in [2.05, 4.69) is 10.2 Å². The number of hydrogen-bond donors (Lipinski definition) is 1. The summed E-state index contributed by atoms with van der Waals surface area (Å²) >= 11 is 5.41. The van der Waals surface area contributed by atoms with Gasteiger partial charge in [0, 0.05) is 13.1 Å². The number of hydrogen-bond acceptors (Lipinski definition) is 2. The minimum absolute atomic E-state index is 0.882. The Balaban J connectivity index is 1.79. The van der Waals surface area contributed by atoms with Crippen LogP contribution in [0.3, 0.4) is 0 Å². The highest BCUT2D eigenvalue weighted by Crippen LogP contribution is 2.18. The van der Waals surface area contributed by atoms with E-state index in [1.807, 2.05) is 0 Å². The van der Waals surface area contributed by atoms with Gasteiger partial charge in [0.15, 0.2) is 0 Å². The largest absolute Gasteiger partial charge is 0.366 e. The van der Waals surface area contributed by atoms with E-state index < -0.39 is 0 Å². The summed E-state index contributed by atoms with van der Waals surface area (Å²) in [7, 11) is 0. The first-order chi connectivity index (χ1) is 6.86. The minimum Gasteiger partial charge on any atom is -0.366 e. The fourth-order valence-corrected chi connectivity index (χ4v) is 2.74. The van der Waals surface area contributed by atoms with Crippen molar-refractivity contribution in [3.8, 4) is 0 Å². The van der Waals surface area contributed by atoms with E-state index in [9.17, 15) is 0 Å². The Labute approximate surface area is 92.0 Å². The molecule has 2 aliphatic heterocycles. The summed E-state index contributed by atoms with van der Waals surface area (Å²) in [6, 6.07) is 0. The van der Waals surface area contributed by atoms with Crippen LogP contribution in [0, 0.1) is 5.92 Å². The van der Waals surface area contributed by atoms with E-state index >= 15 is 0 Å². The molecule has 0 saturated carbocycles. The van der Waals surface area contributed by atoms with Crippen LogP contribution in [-0.4, -0.2) is 36.1 Å². The quantitative estimate of drug-likeness (QED) is 0.703. The maximum absolute atomic E-state index is 5.41. The molecule has 0 spiro atoms. The first-order valence-electron chi connectivity index (χ1n) is 5.85. The predicted molar refractivity (Wildman–Crippen MR) is 63.6 cm³/mol. The molecule has 0 bridgehead atoms. The Kier molecular flexibility index (Phi) is 3.76. The van der Waals surface area contributed by atoms with Gasteiger partial charge in [0.2, 0.25) is 0 Å². The summed E-state index contributed by atoms with van der Waals surface area (Å²) in [5.41, 5.74) is 0. The van der Waals surface area contributed by atoms with E-state index in [0.717, 1.165) is 12.3 Å². The lowest BCUT2D eigenvalue weighted by atomic mass is 9.96. The molecule has 0 aromatic heterocycles. The average molecular weight is 212 g/mol. The topological polar surface area (TPSA) is 15.3 Å². The molecule has 2 rings (SSSR count). The molecule has 2 aliphatic rings. The molecule has 14 heavy (non-hydrogen) atoms. The number of nitrogens with zero attached hydrogens (tertiary/aromatic N) is 1. The molecular weight excluding hydrogens is 192 g/mol. The highest BCUT2D eigenvalue weighted by Gasteiger charge is 2.20. The molecule has 0 unspecified atom stereocenters. The van der Waals surface area contributed by atoms with Crippen LogP contribution in [0.2, 0.25) is 0 Å². The lowest BCUT2D eigenvalue weighted by molar-refractivity contribution is 0.270. The van der Waals surface area contributed by atoms with Crippen LogP contribution in [0.5, 0.6) is 0 Å². The molecule has 0 atom stereocenters. The SMILES string of the molecule is S=C1CCCCN1CC1CCNCC1. The van der Waals surface area contributed by atoms with Crippen molar-refractivity contribution in [2.24, 2.45) is 5.92 Å². The van der Waals surface area contributed by atoms with Crippen molar-refractivity contribution < 1.29 is 0 Å². The molecule has 0 amide bonds. The van der Waals surface area contributed by atoms with E-state index in [1.54, 1.807) is 0 Å². The van der Waals surface area contributed by atoms with Crippen molar-refractivity contribution in [2.45, 2.75) is 32.1 Å². The van der Waals surface area contributed by atoms with Gasteiger partial charge in [-0.1, -0.05) is 12.2 Å². The lowest BCUT2D eigenvalue weighted by Crippen LogP contribution is -2.40. The summed E-state index contributed by atoms with van der Waals surface area (Å²) in [5.74, 6) is 0.882. The zero-order chi connectivity index (χ0) is 9.80. The molecular formula is C11H20N2S. The molecule has 0 aliphatic carbocycles. The van der Waals surface area contributed by atoms with Gasteiger partial charge < -0.3 is 10.2 Å². The number of piperidine rings is 2. The highest BCUT2D eigenvalue weighted by molar-refractivity contribution is 7.80. The zero-order valence-electron chi connectivity index (χ0n) is 8.80. The van der Waals surface area contributed by atoms with Crippen LogP contribution in [-0.2, 0) is 0 Å². The highest BCUT2D eigenvalue weighted by atomic mass is 32.1. The van der Waals surface area contributed by atoms with Crippen LogP contribution < -0.4 is 5.32 Å².